The van der Waals surface area contributed by atoms with Crippen molar-refractivity contribution in [3.05, 3.63) is 35.6 Å². The van der Waals surface area contributed by atoms with Crippen LogP contribution in [0.4, 0.5) is 4.39 Å². The van der Waals surface area contributed by atoms with E-state index < -0.39 is 0 Å². The van der Waals surface area contributed by atoms with Crippen LogP contribution >= 0.6 is 0 Å². The van der Waals surface area contributed by atoms with Crippen molar-refractivity contribution in [2.75, 3.05) is 26.4 Å². The zero-order valence-corrected chi connectivity index (χ0v) is 12.7. The third-order valence-electron chi connectivity index (χ3n) is 2.83. The molecule has 0 aliphatic rings. The van der Waals surface area contributed by atoms with Crippen molar-refractivity contribution in [2.45, 2.75) is 39.3 Å². The number of hydrogen-bond donors (Lipinski definition) is 1. The van der Waals surface area contributed by atoms with Gasteiger partial charge in [0.05, 0.1) is 19.3 Å². The largest absolute Gasteiger partial charge is 0.379 e. The molecule has 1 aromatic rings. The van der Waals surface area contributed by atoms with E-state index in [4.69, 9.17) is 9.47 Å². The predicted molar refractivity (Wildman–Crippen MR) is 79.3 cm³/mol. The highest BCUT2D eigenvalue weighted by atomic mass is 19.1. The van der Waals surface area contributed by atoms with E-state index in [1.165, 1.54) is 12.1 Å². The molecule has 4 heteroatoms. The average molecular weight is 283 g/mol. The molecule has 0 bridgehead atoms. The van der Waals surface area contributed by atoms with Crippen molar-refractivity contribution in [3.63, 3.8) is 0 Å². The summed E-state index contributed by atoms with van der Waals surface area (Å²) < 4.78 is 24.5. The minimum Gasteiger partial charge on any atom is -0.379 e. The first-order valence-corrected chi connectivity index (χ1v) is 7.31. The van der Waals surface area contributed by atoms with Crippen LogP contribution in [-0.2, 0) is 9.47 Å². The van der Waals surface area contributed by atoms with E-state index in [2.05, 4.69) is 26.1 Å². The van der Waals surface area contributed by atoms with Crippen molar-refractivity contribution >= 4 is 0 Å². The quantitative estimate of drug-likeness (QED) is 0.668. The molecule has 0 saturated carbocycles. The summed E-state index contributed by atoms with van der Waals surface area (Å²) in [5.41, 5.74) is 0.855. The topological polar surface area (TPSA) is 30.5 Å². The Morgan fingerprint density at radius 2 is 2.00 bits per heavy atom. The van der Waals surface area contributed by atoms with E-state index in [1.54, 1.807) is 6.07 Å². The first kappa shape index (κ1) is 17.1. The SMILES string of the molecule is CCCOCCOC(CNC(C)C)c1cccc(F)c1. The van der Waals surface area contributed by atoms with Gasteiger partial charge in [-0.3, -0.25) is 0 Å². The Labute approximate surface area is 121 Å². The number of halogens is 1. The van der Waals surface area contributed by atoms with Crippen molar-refractivity contribution in [1.29, 1.82) is 0 Å². The van der Waals surface area contributed by atoms with E-state index in [9.17, 15) is 4.39 Å². The molecule has 20 heavy (non-hydrogen) atoms. The summed E-state index contributed by atoms with van der Waals surface area (Å²) in [4.78, 5) is 0. The van der Waals surface area contributed by atoms with Gasteiger partial charge in [0.25, 0.3) is 0 Å². The van der Waals surface area contributed by atoms with Crippen molar-refractivity contribution in [1.82, 2.24) is 5.32 Å². The number of nitrogens with one attached hydrogen (secondary N) is 1. The smallest absolute Gasteiger partial charge is 0.123 e. The Morgan fingerprint density at radius 3 is 2.65 bits per heavy atom. The fraction of sp³-hybridized carbons (Fsp3) is 0.625. The molecule has 1 aromatic carbocycles. The molecule has 0 radical (unpaired) electrons. The van der Waals surface area contributed by atoms with Gasteiger partial charge in [0.15, 0.2) is 0 Å². The van der Waals surface area contributed by atoms with Crippen LogP contribution in [-0.4, -0.2) is 32.4 Å². The Balaban J connectivity index is 2.51. The predicted octanol–water partition coefficient (Wildman–Crippen LogP) is 3.31. The molecule has 0 fully saturated rings. The van der Waals surface area contributed by atoms with E-state index in [-0.39, 0.29) is 11.9 Å². The third-order valence-corrected chi connectivity index (χ3v) is 2.83. The fourth-order valence-corrected chi connectivity index (χ4v) is 1.82. The maximum absolute atomic E-state index is 13.3. The number of rotatable bonds is 10. The monoisotopic (exact) mass is 283 g/mol. The maximum atomic E-state index is 13.3. The first-order valence-electron chi connectivity index (χ1n) is 7.31. The van der Waals surface area contributed by atoms with E-state index in [0.29, 0.717) is 25.8 Å². The van der Waals surface area contributed by atoms with Crippen molar-refractivity contribution < 1.29 is 13.9 Å². The lowest BCUT2D eigenvalue weighted by Crippen LogP contribution is -2.29. The van der Waals surface area contributed by atoms with Crippen LogP contribution in [0.2, 0.25) is 0 Å². The van der Waals surface area contributed by atoms with E-state index in [0.717, 1.165) is 18.6 Å². The Morgan fingerprint density at radius 1 is 1.20 bits per heavy atom. The normalized spacial score (nSPS) is 12.8. The van der Waals surface area contributed by atoms with Crippen LogP contribution in [0.5, 0.6) is 0 Å². The van der Waals surface area contributed by atoms with Crippen LogP contribution in [0.15, 0.2) is 24.3 Å². The number of hydrogen-bond acceptors (Lipinski definition) is 3. The second-order valence-corrected chi connectivity index (χ2v) is 5.09. The van der Waals surface area contributed by atoms with Crippen LogP contribution in [0, 0.1) is 5.82 Å². The molecule has 0 aliphatic carbocycles. The molecular formula is C16H26FNO2. The molecule has 3 nitrogen and oxygen atoms in total. The zero-order chi connectivity index (χ0) is 14.8. The van der Waals surface area contributed by atoms with Gasteiger partial charge < -0.3 is 14.8 Å². The standard InChI is InChI=1S/C16H26FNO2/c1-4-8-19-9-10-20-16(12-18-13(2)3)14-6-5-7-15(17)11-14/h5-7,11,13,16,18H,4,8-10,12H2,1-3H3. The molecule has 1 rings (SSSR count). The lowest BCUT2D eigenvalue weighted by Gasteiger charge is -2.20. The lowest BCUT2D eigenvalue weighted by molar-refractivity contribution is 0.00349. The molecule has 0 aliphatic heterocycles. The molecule has 0 heterocycles. The molecule has 1 N–H and O–H groups in total. The van der Waals surface area contributed by atoms with Gasteiger partial charge in [0.2, 0.25) is 0 Å². The summed E-state index contributed by atoms with van der Waals surface area (Å²) in [6.45, 7) is 8.72. The Hall–Kier alpha value is -0.970. The minimum atomic E-state index is -0.233. The van der Waals surface area contributed by atoms with E-state index >= 15 is 0 Å². The highest BCUT2D eigenvalue weighted by molar-refractivity contribution is 5.19. The highest BCUT2D eigenvalue weighted by Gasteiger charge is 2.13. The van der Waals surface area contributed by atoms with Gasteiger partial charge in [-0.05, 0) is 24.1 Å². The first-order chi connectivity index (χ1) is 9.63. The van der Waals surface area contributed by atoms with Gasteiger partial charge in [0, 0.05) is 19.2 Å². The molecule has 1 atom stereocenters. The van der Waals surface area contributed by atoms with Gasteiger partial charge in [-0.15, -0.1) is 0 Å². The van der Waals surface area contributed by atoms with Crippen LogP contribution in [0.1, 0.15) is 38.9 Å². The number of benzene rings is 1. The molecule has 0 amide bonds. The van der Waals surface area contributed by atoms with Gasteiger partial charge in [-0.2, -0.15) is 0 Å². The summed E-state index contributed by atoms with van der Waals surface area (Å²) >= 11 is 0. The Bertz CT molecular complexity index is 371. The van der Waals surface area contributed by atoms with E-state index in [1.807, 2.05) is 6.07 Å². The minimum absolute atomic E-state index is 0.154. The van der Waals surface area contributed by atoms with Crippen LogP contribution in [0.25, 0.3) is 0 Å². The summed E-state index contributed by atoms with van der Waals surface area (Å²) in [5, 5.41) is 3.33. The molecule has 0 saturated heterocycles. The fourth-order valence-electron chi connectivity index (χ4n) is 1.82. The van der Waals surface area contributed by atoms with Crippen molar-refractivity contribution in [3.8, 4) is 0 Å². The van der Waals surface area contributed by atoms with Gasteiger partial charge in [-0.1, -0.05) is 32.9 Å². The Kier molecular flexibility index (Phi) is 8.42. The third kappa shape index (κ3) is 6.98. The second-order valence-electron chi connectivity index (χ2n) is 5.09. The van der Waals surface area contributed by atoms with Crippen LogP contribution in [0.3, 0.4) is 0 Å². The molecule has 1 unspecified atom stereocenters. The zero-order valence-electron chi connectivity index (χ0n) is 12.7. The summed E-state index contributed by atoms with van der Waals surface area (Å²) in [7, 11) is 0. The van der Waals surface area contributed by atoms with Crippen molar-refractivity contribution in [2.24, 2.45) is 0 Å². The molecule has 0 spiro atoms. The summed E-state index contributed by atoms with van der Waals surface area (Å²) in [6.07, 6.45) is 0.848. The molecular weight excluding hydrogens is 257 g/mol. The van der Waals surface area contributed by atoms with Gasteiger partial charge >= 0.3 is 0 Å². The van der Waals surface area contributed by atoms with Gasteiger partial charge in [0.1, 0.15) is 5.82 Å². The summed E-state index contributed by atoms with van der Waals surface area (Å²) in [5.74, 6) is -0.233. The number of ether oxygens (including phenoxy) is 2. The second kappa shape index (κ2) is 9.86. The van der Waals surface area contributed by atoms with Gasteiger partial charge in [-0.25, -0.2) is 4.39 Å². The lowest BCUT2D eigenvalue weighted by atomic mass is 10.1. The highest BCUT2D eigenvalue weighted by Crippen LogP contribution is 2.17. The molecule has 114 valence electrons. The maximum Gasteiger partial charge on any atom is 0.123 e. The summed E-state index contributed by atoms with van der Waals surface area (Å²) in [6, 6.07) is 6.94. The average Bonchev–Trinajstić information content (AvgIpc) is 2.41. The van der Waals surface area contributed by atoms with Crippen LogP contribution < -0.4 is 5.32 Å². The molecule has 0 aromatic heterocycles.